The molecule has 8 heteroatoms. The molecule has 2 heterocycles. The van der Waals surface area contributed by atoms with Crippen LogP contribution in [-0.2, 0) is 4.74 Å². The molecule has 0 radical (unpaired) electrons. The molecule has 27 heavy (non-hydrogen) atoms. The maximum atomic E-state index is 12.6. The molecule has 0 aliphatic heterocycles. The van der Waals surface area contributed by atoms with Gasteiger partial charge in [0.2, 0.25) is 0 Å². The number of hydrogen-bond donors (Lipinski definition) is 1. The Bertz CT molecular complexity index is 1070. The molecule has 0 aliphatic carbocycles. The number of aromatic amines is 1. The number of nitrogens with zero attached hydrogens (tertiary/aromatic N) is 1. The molecule has 0 spiro atoms. The largest absolute Gasteiger partial charge is 0.496 e. The summed E-state index contributed by atoms with van der Waals surface area (Å²) in [6, 6.07) is 5.29. The summed E-state index contributed by atoms with van der Waals surface area (Å²) in [4.78, 5) is 34.9. The summed E-state index contributed by atoms with van der Waals surface area (Å²) in [5.74, 6) is 0.232. The first-order chi connectivity index (χ1) is 12.8. The molecule has 0 bridgehead atoms. The Morgan fingerprint density at radius 2 is 2.07 bits per heavy atom. The van der Waals surface area contributed by atoms with E-state index in [1.54, 1.807) is 30.8 Å². The average molecular weight is 405 g/mol. The number of thioether (sulfide) groups is 1. The number of benzene rings is 1. The fourth-order valence-electron chi connectivity index (χ4n) is 2.71. The number of nitrogens with one attached hydrogen (secondary N) is 1. The molecule has 0 amide bonds. The number of rotatable bonds is 5. The van der Waals surface area contributed by atoms with E-state index >= 15 is 0 Å². The molecule has 1 unspecified atom stereocenters. The van der Waals surface area contributed by atoms with Gasteiger partial charge in [0.25, 0.3) is 5.56 Å². The SMILES string of the molecule is COc1cc(SC)ccc1C(=O)OC(C)c1nc2sc(C)c(C)c2c(=O)[nH]1. The summed E-state index contributed by atoms with van der Waals surface area (Å²) in [6.07, 6.45) is 1.24. The van der Waals surface area contributed by atoms with Crippen LogP contribution in [0.25, 0.3) is 10.2 Å². The molecule has 6 nitrogen and oxygen atoms in total. The zero-order chi connectivity index (χ0) is 19.7. The third kappa shape index (κ3) is 3.72. The van der Waals surface area contributed by atoms with Crippen molar-refractivity contribution in [1.82, 2.24) is 9.97 Å². The third-order valence-electron chi connectivity index (χ3n) is 4.35. The smallest absolute Gasteiger partial charge is 0.342 e. The zero-order valence-corrected chi connectivity index (χ0v) is 17.3. The minimum Gasteiger partial charge on any atom is -0.496 e. The summed E-state index contributed by atoms with van der Waals surface area (Å²) >= 11 is 3.01. The Hall–Kier alpha value is -2.32. The summed E-state index contributed by atoms with van der Waals surface area (Å²) < 4.78 is 10.8. The van der Waals surface area contributed by atoms with E-state index < -0.39 is 12.1 Å². The number of aromatic nitrogens is 2. The van der Waals surface area contributed by atoms with Gasteiger partial charge in [0, 0.05) is 9.77 Å². The zero-order valence-electron chi connectivity index (χ0n) is 15.7. The quantitative estimate of drug-likeness (QED) is 0.506. The lowest BCUT2D eigenvalue weighted by molar-refractivity contribution is 0.0316. The van der Waals surface area contributed by atoms with E-state index in [4.69, 9.17) is 9.47 Å². The number of carbonyl (C=O) groups is 1. The van der Waals surface area contributed by atoms with Crippen LogP contribution in [0.15, 0.2) is 27.9 Å². The number of thiophene rings is 1. The van der Waals surface area contributed by atoms with E-state index in [0.29, 0.717) is 27.4 Å². The van der Waals surface area contributed by atoms with Gasteiger partial charge in [0.1, 0.15) is 16.1 Å². The highest BCUT2D eigenvalue weighted by atomic mass is 32.2. The van der Waals surface area contributed by atoms with Crippen LogP contribution in [0, 0.1) is 13.8 Å². The second-order valence-corrected chi connectivity index (χ2v) is 8.11. The number of fused-ring (bicyclic) bond motifs is 1. The Labute approximate surface area is 164 Å². The molecule has 3 aromatic rings. The Balaban J connectivity index is 1.89. The third-order valence-corrected chi connectivity index (χ3v) is 6.18. The molecule has 1 aromatic carbocycles. The number of hydrogen-bond acceptors (Lipinski definition) is 7. The molecule has 142 valence electrons. The lowest BCUT2D eigenvalue weighted by Crippen LogP contribution is -2.17. The van der Waals surface area contributed by atoms with Gasteiger partial charge in [0.05, 0.1) is 12.5 Å². The first-order valence-electron chi connectivity index (χ1n) is 8.28. The number of carbonyl (C=O) groups excluding carboxylic acids is 1. The van der Waals surface area contributed by atoms with Crippen molar-refractivity contribution in [3.05, 3.63) is 50.4 Å². The van der Waals surface area contributed by atoms with Crippen molar-refractivity contribution in [2.24, 2.45) is 0 Å². The van der Waals surface area contributed by atoms with Gasteiger partial charge in [-0.2, -0.15) is 0 Å². The number of H-pyrrole nitrogens is 1. The Kier molecular flexibility index (Phi) is 5.57. The monoisotopic (exact) mass is 404 g/mol. The predicted octanol–water partition coefficient (Wildman–Crippen LogP) is 4.25. The van der Waals surface area contributed by atoms with E-state index in [0.717, 1.165) is 15.3 Å². The molecular formula is C19H20N2O4S2. The second kappa shape index (κ2) is 7.74. The van der Waals surface area contributed by atoms with Crippen LogP contribution in [0.1, 0.15) is 39.7 Å². The van der Waals surface area contributed by atoms with Crippen LogP contribution in [0.4, 0.5) is 0 Å². The normalized spacial score (nSPS) is 12.2. The average Bonchev–Trinajstić information content (AvgIpc) is 2.95. The van der Waals surface area contributed by atoms with Gasteiger partial charge in [-0.15, -0.1) is 23.1 Å². The van der Waals surface area contributed by atoms with Crippen LogP contribution in [-0.4, -0.2) is 29.3 Å². The lowest BCUT2D eigenvalue weighted by atomic mass is 10.2. The van der Waals surface area contributed by atoms with Crippen LogP contribution < -0.4 is 10.3 Å². The minimum absolute atomic E-state index is 0.221. The lowest BCUT2D eigenvalue weighted by Gasteiger charge is -2.14. The van der Waals surface area contributed by atoms with Gasteiger partial charge in [0.15, 0.2) is 11.9 Å². The molecule has 3 rings (SSSR count). The van der Waals surface area contributed by atoms with Crippen molar-refractivity contribution >= 4 is 39.3 Å². The van der Waals surface area contributed by atoms with Gasteiger partial charge >= 0.3 is 5.97 Å². The van der Waals surface area contributed by atoms with Crippen molar-refractivity contribution < 1.29 is 14.3 Å². The van der Waals surface area contributed by atoms with Gasteiger partial charge in [-0.05, 0) is 50.8 Å². The van der Waals surface area contributed by atoms with Crippen molar-refractivity contribution in [2.75, 3.05) is 13.4 Å². The minimum atomic E-state index is -0.706. The Morgan fingerprint density at radius 1 is 1.33 bits per heavy atom. The van der Waals surface area contributed by atoms with E-state index in [2.05, 4.69) is 9.97 Å². The standard InChI is InChI=1S/C19H20N2O4S2/c1-9-11(3)27-18-15(9)17(22)20-16(21-18)10(2)25-19(23)13-7-6-12(26-5)8-14(13)24-4/h6-8,10H,1-5H3,(H,20,21,22). The van der Waals surface area contributed by atoms with E-state index in [1.807, 2.05) is 26.2 Å². The summed E-state index contributed by atoms with van der Waals surface area (Å²) in [7, 11) is 1.51. The summed E-state index contributed by atoms with van der Waals surface area (Å²) in [5.41, 5.74) is 1.04. The van der Waals surface area contributed by atoms with Gasteiger partial charge < -0.3 is 14.5 Å². The molecule has 0 saturated carbocycles. The number of aryl methyl sites for hydroxylation is 2. The summed E-state index contributed by atoms with van der Waals surface area (Å²) in [6.45, 7) is 5.53. The van der Waals surface area contributed by atoms with Crippen molar-refractivity contribution in [3.8, 4) is 5.75 Å². The van der Waals surface area contributed by atoms with Gasteiger partial charge in [-0.25, -0.2) is 9.78 Å². The molecule has 0 fully saturated rings. The second-order valence-electron chi connectivity index (χ2n) is 6.03. The van der Waals surface area contributed by atoms with Gasteiger partial charge in [-0.3, -0.25) is 4.79 Å². The summed E-state index contributed by atoms with van der Waals surface area (Å²) in [5, 5.41) is 0.592. The number of ether oxygens (including phenoxy) is 2. The van der Waals surface area contributed by atoms with E-state index in [9.17, 15) is 9.59 Å². The molecule has 1 N–H and O–H groups in total. The molecule has 2 aromatic heterocycles. The molecular weight excluding hydrogens is 384 g/mol. The van der Waals surface area contributed by atoms with Crippen molar-refractivity contribution in [3.63, 3.8) is 0 Å². The van der Waals surface area contributed by atoms with Crippen LogP contribution in [0.2, 0.25) is 0 Å². The highest BCUT2D eigenvalue weighted by molar-refractivity contribution is 7.98. The van der Waals surface area contributed by atoms with Gasteiger partial charge in [-0.1, -0.05) is 0 Å². The van der Waals surface area contributed by atoms with Crippen molar-refractivity contribution in [1.29, 1.82) is 0 Å². The topological polar surface area (TPSA) is 81.3 Å². The van der Waals surface area contributed by atoms with Crippen molar-refractivity contribution in [2.45, 2.75) is 31.8 Å². The maximum absolute atomic E-state index is 12.6. The van der Waals surface area contributed by atoms with E-state index in [1.165, 1.54) is 18.4 Å². The highest BCUT2D eigenvalue weighted by Crippen LogP contribution is 2.29. The van der Waals surface area contributed by atoms with E-state index in [-0.39, 0.29) is 5.56 Å². The molecule has 1 atom stereocenters. The fraction of sp³-hybridized carbons (Fsp3) is 0.316. The predicted molar refractivity (Wildman–Crippen MR) is 108 cm³/mol. The first-order valence-corrected chi connectivity index (χ1v) is 10.3. The number of esters is 1. The molecule has 0 saturated heterocycles. The van der Waals surface area contributed by atoms with Crippen LogP contribution in [0.5, 0.6) is 5.75 Å². The molecule has 0 aliphatic rings. The highest BCUT2D eigenvalue weighted by Gasteiger charge is 2.21. The van der Waals surface area contributed by atoms with Crippen LogP contribution >= 0.6 is 23.1 Å². The Morgan fingerprint density at radius 3 is 2.74 bits per heavy atom. The van der Waals surface area contributed by atoms with Crippen LogP contribution in [0.3, 0.4) is 0 Å². The first kappa shape index (κ1) is 19.4. The fourth-order valence-corrected chi connectivity index (χ4v) is 4.18. The maximum Gasteiger partial charge on any atom is 0.342 e. The number of methoxy groups -OCH3 is 1.